The van der Waals surface area contributed by atoms with Crippen molar-refractivity contribution in [3.05, 3.63) is 81.5 Å². The number of benzene rings is 2. The van der Waals surface area contributed by atoms with Gasteiger partial charge in [-0.15, -0.1) is 0 Å². The second-order valence-electron chi connectivity index (χ2n) is 6.05. The van der Waals surface area contributed by atoms with Crippen LogP contribution >= 0.6 is 11.6 Å². The van der Waals surface area contributed by atoms with E-state index in [0.29, 0.717) is 22.0 Å². The lowest BCUT2D eigenvalue weighted by molar-refractivity contribution is -0.136. The first-order valence-corrected chi connectivity index (χ1v) is 8.66. The number of hydrogen-bond acceptors (Lipinski definition) is 4. The van der Waals surface area contributed by atoms with E-state index in [0.717, 1.165) is 0 Å². The van der Waals surface area contributed by atoms with Crippen molar-refractivity contribution < 1.29 is 24.2 Å². The summed E-state index contributed by atoms with van der Waals surface area (Å²) in [5, 5.41) is 9.54. The van der Waals surface area contributed by atoms with Crippen molar-refractivity contribution in [2.75, 3.05) is 12.0 Å². The third-order valence-corrected chi connectivity index (χ3v) is 4.60. The van der Waals surface area contributed by atoms with Crippen molar-refractivity contribution in [2.24, 2.45) is 0 Å². The maximum Gasteiger partial charge on any atom is 0.340 e. The molecule has 0 radical (unpaired) electrons. The van der Waals surface area contributed by atoms with Gasteiger partial charge < -0.3 is 9.84 Å². The summed E-state index contributed by atoms with van der Waals surface area (Å²) < 4.78 is 4.86. The Labute approximate surface area is 166 Å². The highest BCUT2D eigenvalue weighted by Gasteiger charge is 2.37. The molecule has 0 aromatic heterocycles. The van der Waals surface area contributed by atoms with E-state index < -0.39 is 11.9 Å². The molecule has 7 heteroatoms. The number of rotatable bonds is 4. The number of carbonyl (C=O) groups excluding carboxylic acids is 2. The number of halogens is 1. The SMILES string of the molecule is COC(=O)C1=C(C)N(c2ccc(Cl)cc2)C(=O)/C1=C\c1ccc(C(=O)O)cc1. The Kier molecular flexibility index (Phi) is 5.33. The van der Waals surface area contributed by atoms with E-state index in [2.05, 4.69) is 0 Å². The van der Waals surface area contributed by atoms with Gasteiger partial charge in [-0.3, -0.25) is 9.69 Å². The fourth-order valence-electron chi connectivity index (χ4n) is 2.97. The highest BCUT2D eigenvalue weighted by molar-refractivity contribution is 6.30. The number of carboxylic acid groups (broad SMARTS) is 1. The first-order chi connectivity index (χ1) is 13.3. The van der Waals surface area contributed by atoms with Crippen LogP contribution in [0.5, 0.6) is 0 Å². The molecular weight excluding hydrogens is 382 g/mol. The second-order valence-corrected chi connectivity index (χ2v) is 6.49. The number of methoxy groups -OCH3 is 1. The zero-order valence-electron chi connectivity index (χ0n) is 15.1. The topological polar surface area (TPSA) is 83.9 Å². The van der Waals surface area contributed by atoms with Crippen LogP contribution < -0.4 is 4.90 Å². The second kappa shape index (κ2) is 7.70. The van der Waals surface area contributed by atoms with Crippen LogP contribution in [0.15, 0.2) is 65.4 Å². The minimum atomic E-state index is -1.05. The Hall–Kier alpha value is -3.38. The lowest BCUT2D eigenvalue weighted by Crippen LogP contribution is -2.24. The fourth-order valence-corrected chi connectivity index (χ4v) is 3.10. The van der Waals surface area contributed by atoms with Crippen LogP contribution in [0.3, 0.4) is 0 Å². The summed E-state index contributed by atoms with van der Waals surface area (Å²) in [5.74, 6) is -2.06. The van der Waals surface area contributed by atoms with Crippen LogP contribution in [0.25, 0.3) is 6.08 Å². The van der Waals surface area contributed by atoms with Crippen LogP contribution in [0.2, 0.25) is 5.02 Å². The molecule has 0 aliphatic carbocycles. The summed E-state index contributed by atoms with van der Waals surface area (Å²) in [6.07, 6.45) is 1.54. The number of hydrogen-bond donors (Lipinski definition) is 1. The summed E-state index contributed by atoms with van der Waals surface area (Å²) in [6, 6.07) is 12.7. The Morgan fingerprint density at radius 1 is 1.07 bits per heavy atom. The predicted octanol–water partition coefficient (Wildman–Crippen LogP) is 3.92. The van der Waals surface area contributed by atoms with Gasteiger partial charge in [0.05, 0.1) is 23.8 Å². The molecule has 1 aliphatic rings. The van der Waals surface area contributed by atoms with Gasteiger partial charge >= 0.3 is 11.9 Å². The van der Waals surface area contributed by atoms with Crippen LogP contribution in [0.4, 0.5) is 5.69 Å². The van der Waals surface area contributed by atoms with E-state index in [9.17, 15) is 14.4 Å². The average Bonchev–Trinajstić information content (AvgIpc) is 2.92. The lowest BCUT2D eigenvalue weighted by atomic mass is 10.0. The molecule has 0 fully saturated rings. The Balaban J connectivity index is 2.08. The van der Waals surface area contributed by atoms with Gasteiger partial charge in [0, 0.05) is 16.4 Å². The maximum absolute atomic E-state index is 13.1. The zero-order chi connectivity index (χ0) is 20.4. The van der Waals surface area contributed by atoms with Gasteiger partial charge in [0.25, 0.3) is 5.91 Å². The molecule has 6 nitrogen and oxygen atoms in total. The lowest BCUT2D eigenvalue weighted by Gasteiger charge is -2.17. The molecule has 1 N–H and O–H groups in total. The van der Waals surface area contributed by atoms with Gasteiger partial charge in [-0.05, 0) is 55.0 Å². The van der Waals surface area contributed by atoms with Gasteiger partial charge in [0.2, 0.25) is 0 Å². The quantitative estimate of drug-likeness (QED) is 0.624. The molecule has 1 amide bonds. The Bertz CT molecular complexity index is 1020. The van der Waals surface area contributed by atoms with Crippen molar-refractivity contribution >= 4 is 41.2 Å². The van der Waals surface area contributed by atoms with E-state index in [1.54, 1.807) is 49.4 Å². The van der Waals surface area contributed by atoms with Crippen molar-refractivity contribution in [3.8, 4) is 0 Å². The first kappa shape index (κ1) is 19.4. The van der Waals surface area contributed by atoms with Crippen LogP contribution in [-0.2, 0) is 14.3 Å². The average molecular weight is 398 g/mol. The minimum Gasteiger partial charge on any atom is -0.478 e. The van der Waals surface area contributed by atoms with E-state index in [-0.39, 0.29) is 22.6 Å². The van der Waals surface area contributed by atoms with Crippen molar-refractivity contribution in [1.82, 2.24) is 0 Å². The number of carboxylic acids is 1. The molecule has 2 aromatic rings. The number of allylic oxidation sites excluding steroid dienone is 1. The van der Waals surface area contributed by atoms with Gasteiger partial charge in [-0.25, -0.2) is 9.59 Å². The summed E-state index contributed by atoms with van der Waals surface area (Å²) >= 11 is 5.92. The summed E-state index contributed by atoms with van der Waals surface area (Å²) in [5.41, 5.74) is 2.04. The highest BCUT2D eigenvalue weighted by Crippen LogP contribution is 2.35. The van der Waals surface area contributed by atoms with E-state index >= 15 is 0 Å². The minimum absolute atomic E-state index is 0.127. The van der Waals surface area contributed by atoms with Crippen LogP contribution in [0.1, 0.15) is 22.8 Å². The first-order valence-electron chi connectivity index (χ1n) is 8.28. The third kappa shape index (κ3) is 3.54. The molecule has 142 valence electrons. The van der Waals surface area contributed by atoms with Crippen LogP contribution in [-0.4, -0.2) is 30.1 Å². The molecular formula is C21H16ClNO5. The molecule has 0 saturated heterocycles. The standard InChI is InChI=1S/C21H16ClNO5/c1-12-18(21(27)28-2)17(11-13-3-5-14(6-4-13)20(25)26)19(24)23(12)16-9-7-15(22)8-10-16/h3-11H,1-2H3,(H,25,26)/b17-11-. The number of anilines is 1. The van der Waals surface area contributed by atoms with Gasteiger partial charge in [-0.1, -0.05) is 23.7 Å². The molecule has 3 rings (SSSR count). The van der Waals surface area contributed by atoms with E-state index in [1.165, 1.54) is 24.1 Å². The number of esters is 1. The molecule has 2 aromatic carbocycles. The third-order valence-electron chi connectivity index (χ3n) is 4.34. The van der Waals surface area contributed by atoms with Crippen molar-refractivity contribution in [3.63, 3.8) is 0 Å². The van der Waals surface area contributed by atoms with Gasteiger partial charge in [-0.2, -0.15) is 0 Å². The molecule has 0 bridgehead atoms. The smallest absolute Gasteiger partial charge is 0.340 e. The largest absolute Gasteiger partial charge is 0.478 e. The molecule has 1 aliphatic heterocycles. The monoisotopic (exact) mass is 397 g/mol. The molecule has 0 unspecified atom stereocenters. The van der Waals surface area contributed by atoms with Crippen molar-refractivity contribution in [2.45, 2.75) is 6.92 Å². The van der Waals surface area contributed by atoms with E-state index in [4.69, 9.17) is 21.4 Å². The summed E-state index contributed by atoms with van der Waals surface area (Å²) in [6.45, 7) is 1.66. The van der Waals surface area contributed by atoms with Crippen LogP contribution in [0, 0.1) is 0 Å². The van der Waals surface area contributed by atoms with Crippen molar-refractivity contribution in [1.29, 1.82) is 0 Å². The number of ether oxygens (including phenoxy) is 1. The Morgan fingerprint density at radius 3 is 2.21 bits per heavy atom. The fraction of sp³-hybridized carbons (Fsp3) is 0.0952. The number of amides is 1. The zero-order valence-corrected chi connectivity index (χ0v) is 15.9. The van der Waals surface area contributed by atoms with Gasteiger partial charge in [0.15, 0.2) is 0 Å². The molecule has 0 saturated carbocycles. The molecule has 0 spiro atoms. The molecule has 28 heavy (non-hydrogen) atoms. The maximum atomic E-state index is 13.1. The number of carbonyl (C=O) groups is 3. The number of nitrogens with zero attached hydrogens (tertiary/aromatic N) is 1. The summed E-state index contributed by atoms with van der Waals surface area (Å²) in [4.78, 5) is 37.9. The normalized spacial score (nSPS) is 15.3. The molecule has 0 atom stereocenters. The number of aromatic carboxylic acids is 1. The van der Waals surface area contributed by atoms with E-state index in [1.807, 2.05) is 0 Å². The summed E-state index contributed by atoms with van der Waals surface area (Å²) in [7, 11) is 1.25. The molecule has 1 heterocycles. The van der Waals surface area contributed by atoms with Gasteiger partial charge in [0.1, 0.15) is 0 Å². The Morgan fingerprint density at radius 2 is 1.68 bits per heavy atom. The predicted molar refractivity (Wildman–Crippen MR) is 105 cm³/mol. The highest BCUT2D eigenvalue weighted by atomic mass is 35.5.